The van der Waals surface area contributed by atoms with E-state index in [0.29, 0.717) is 0 Å². The number of hydrogen-bond acceptors (Lipinski definition) is 9. The molecule has 0 rings (SSSR count). The van der Waals surface area contributed by atoms with Crippen LogP contribution in [0.4, 0.5) is 0 Å². The van der Waals surface area contributed by atoms with E-state index in [1.165, 1.54) is 0 Å². The van der Waals surface area contributed by atoms with Crippen molar-refractivity contribution < 1.29 is 112 Å². The molecular formula is C10H16N2Na2O11S. The molecule has 0 aromatic carbocycles. The molecule has 26 heavy (non-hydrogen) atoms. The molecule has 0 fully saturated rings. The molecule has 0 aliphatic rings. The second-order valence-electron chi connectivity index (χ2n) is 4.20. The minimum Gasteiger partial charge on any atom is -0.784 e. The van der Waals surface area contributed by atoms with Gasteiger partial charge in [-0.3, -0.25) is 33.2 Å². The van der Waals surface area contributed by atoms with Gasteiger partial charge in [-0.25, -0.2) is 0 Å². The van der Waals surface area contributed by atoms with Gasteiger partial charge in [-0.15, -0.1) is 11.4 Å². The molecule has 0 saturated carbocycles. The summed E-state index contributed by atoms with van der Waals surface area (Å²) >= 11 is -3.11. The Bertz CT molecular complexity index is 408. The standard InChI is InChI=1S/C10H16N2O8.2Na.H2O3S/c13-7(14)3-11(4-8(15)16)1-2-12(5-9(17)18)6-10(19)20;;;1-4(2)3/h1-6H2,(H,13,14)(H,15,16)(H,17,18)(H,19,20);;;(H2,1,2,3)/q;2*+1;/p-2. The van der Waals surface area contributed by atoms with Gasteiger partial charge in [0.2, 0.25) is 0 Å². The van der Waals surface area contributed by atoms with Crippen LogP contribution in [-0.4, -0.2) is 107 Å². The third kappa shape index (κ3) is 28.7. The van der Waals surface area contributed by atoms with Gasteiger partial charge in [0, 0.05) is 13.1 Å². The molecule has 0 radical (unpaired) electrons. The monoisotopic (exact) mass is 418 g/mol. The van der Waals surface area contributed by atoms with E-state index in [2.05, 4.69) is 0 Å². The quantitative estimate of drug-likeness (QED) is 0.181. The molecular weight excluding hydrogens is 402 g/mol. The predicted octanol–water partition coefficient (Wildman–Crippen LogP) is -9.07. The summed E-state index contributed by atoms with van der Waals surface area (Å²) in [5.74, 6) is -4.91. The van der Waals surface area contributed by atoms with Gasteiger partial charge in [0.1, 0.15) is 0 Å². The number of nitrogens with zero attached hydrogens (tertiary/aromatic N) is 2. The minimum absolute atomic E-state index is 0. The molecule has 0 spiro atoms. The summed E-state index contributed by atoms with van der Waals surface area (Å²) in [5.41, 5.74) is 0. The van der Waals surface area contributed by atoms with Gasteiger partial charge < -0.3 is 29.5 Å². The second kappa shape index (κ2) is 19.6. The van der Waals surface area contributed by atoms with Crippen molar-refractivity contribution in [3.8, 4) is 0 Å². The largest absolute Gasteiger partial charge is 1.00 e. The van der Waals surface area contributed by atoms with Crippen LogP contribution < -0.4 is 59.1 Å². The fourth-order valence-corrected chi connectivity index (χ4v) is 1.48. The van der Waals surface area contributed by atoms with Crippen molar-refractivity contribution in [2.45, 2.75) is 0 Å². The fourth-order valence-electron chi connectivity index (χ4n) is 1.48. The maximum atomic E-state index is 10.6. The van der Waals surface area contributed by atoms with E-state index in [1.54, 1.807) is 0 Å². The van der Waals surface area contributed by atoms with E-state index >= 15 is 0 Å². The average Bonchev–Trinajstić information content (AvgIpc) is 2.32. The van der Waals surface area contributed by atoms with Gasteiger partial charge in [-0.1, -0.05) is 0 Å². The predicted molar refractivity (Wildman–Crippen MR) is 73.1 cm³/mol. The van der Waals surface area contributed by atoms with Gasteiger partial charge in [-0.05, 0) is 0 Å². The molecule has 16 heteroatoms. The van der Waals surface area contributed by atoms with Crippen LogP contribution in [0.3, 0.4) is 0 Å². The van der Waals surface area contributed by atoms with Crippen LogP contribution in [0.5, 0.6) is 0 Å². The first-order valence-electron chi connectivity index (χ1n) is 6.02. The molecule has 0 heterocycles. The molecule has 140 valence electrons. The molecule has 0 aromatic heterocycles. The summed E-state index contributed by atoms with van der Waals surface area (Å²) in [6.07, 6.45) is 0. The Labute approximate surface area is 195 Å². The van der Waals surface area contributed by atoms with E-state index in [4.69, 9.17) is 33.7 Å². The molecule has 13 nitrogen and oxygen atoms in total. The molecule has 0 unspecified atom stereocenters. The smallest absolute Gasteiger partial charge is 0.784 e. The van der Waals surface area contributed by atoms with Crippen molar-refractivity contribution in [1.29, 1.82) is 0 Å². The van der Waals surface area contributed by atoms with E-state index in [9.17, 15) is 19.2 Å². The van der Waals surface area contributed by atoms with E-state index in [1.807, 2.05) is 0 Å². The first-order valence-corrected chi connectivity index (χ1v) is 7.02. The Kier molecular flexibility index (Phi) is 25.3. The summed E-state index contributed by atoms with van der Waals surface area (Å²) in [7, 11) is 0. The topological polar surface area (TPSA) is 219 Å². The van der Waals surface area contributed by atoms with E-state index in [0.717, 1.165) is 9.80 Å². The summed E-state index contributed by atoms with van der Waals surface area (Å²) in [5, 5.41) is 34.5. The van der Waals surface area contributed by atoms with Crippen molar-refractivity contribution in [2.75, 3.05) is 39.3 Å². The molecule has 4 N–H and O–H groups in total. The van der Waals surface area contributed by atoms with Gasteiger partial charge in [-0.2, -0.15) is 0 Å². The zero-order valence-corrected chi connectivity index (χ0v) is 19.0. The number of rotatable bonds is 11. The van der Waals surface area contributed by atoms with Gasteiger partial charge in [0.15, 0.2) is 0 Å². The van der Waals surface area contributed by atoms with Crippen LogP contribution in [0.2, 0.25) is 0 Å². The molecule has 0 atom stereocenters. The van der Waals surface area contributed by atoms with Crippen molar-refractivity contribution >= 4 is 35.2 Å². The van der Waals surface area contributed by atoms with Crippen molar-refractivity contribution in [1.82, 2.24) is 9.80 Å². The summed E-state index contributed by atoms with van der Waals surface area (Å²) < 4.78 is 25.3. The molecule has 0 aromatic rings. The van der Waals surface area contributed by atoms with Crippen molar-refractivity contribution in [3.63, 3.8) is 0 Å². The van der Waals surface area contributed by atoms with E-state index < -0.39 is 61.4 Å². The molecule has 0 bridgehead atoms. The SMILES string of the molecule is O=C(O)CN(CCN(CC(=O)O)CC(=O)O)CC(=O)O.O=S([O-])[O-].[Na+].[Na+]. The van der Waals surface area contributed by atoms with Crippen LogP contribution in [0.25, 0.3) is 0 Å². The van der Waals surface area contributed by atoms with Crippen LogP contribution >= 0.6 is 0 Å². The summed E-state index contributed by atoms with van der Waals surface area (Å²) in [6, 6.07) is 0. The Morgan fingerprint density at radius 1 is 0.654 bits per heavy atom. The maximum Gasteiger partial charge on any atom is 1.00 e. The Balaban J connectivity index is -0.000000363. The van der Waals surface area contributed by atoms with Crippen LogP contribution in [0, 0.1) is 0 Å². The number of carboxylic acid groups (broad SMARTS) is 4. The molecule has 0 amide bonds. The Morgan fingerprint density at radius 3 is 0.923 bits per heavy atom. The maximum absolute atomic E-state index is 10.6. The Morgan fingerprint density at radius 2 is 0.808 bits per heavy atom. The Hall–Kier alpha value is -0.130. The van der Waals surface area contributed by atoms with Crippen LogP contribution in [-0.2, 0) is 30.5 Å². The third-order valence-corrected chi connectivity index (χ3v) is 2.17. The number of carboxylic acids is 4. The molecule has 0 aliphatic carbocycles. The number of aliphatic carboxylic acids is 4. The normalized spacial score (nSPS) is 9.58. The van der Waals surface area contributed by atoms with Gasteiger partial charge in [0.05, 0.1) is 26.2 Å². The fraction of sp³-hybridized carbons (Fsp3) is 0.600. The van der Waals surface area contributed by atoms with Crippen molar-refractivity contribution in [2.24, 2.45) is 0 Å². The summed E-state index contributed by atoms with van der Waals surface area (Å²) in [4.78, 5) is 44.4. The number of hydrogen-bond donors (Lipinski definition) is 4. The summed E-state index contributed by atoms with van der Waals surface area (Å²) in [6.45, 7) is -2.25. The van der Waals surface area contributed by atoms with Crippen molar-refractivity contribution in [3.05, 3.63) is 0 Å². The van der Waals surface area contributed by atoms with Crippen LogP contribution in [0.15, 0.2) is 0 Å². The minimum atomic E-state index is -3.11. The zero-order valence-electron chi connectivity index (χ0n) is 14.2. The molecule has 0 saturated heterocycles. The second-order valence-corrected chi connectivity index (χ2v) is 4.61. The first-order chi connectivity index (χ1) is 10.9. The zero-order chi connectivity index (χ0) is 19.3. The van der Waals surface area contributed by atoms with Gasteiger partial charge >= 0.3 is 83.0 Å². The van der Waals surface area contributed by atoms with E-state index in [-0.39, 0.29) is 72.2 Å². The first kappa shape index (κ1) is 33.5. The third-order valence-electron chi connectivity index (χ3n) is 2.17. The van der Waals surface area contributed by atoms with Crippen LogP contribution in [0.1, 0.15) is 0 Å². The average molecular weight is 418 g/mol. The molecule has 0 aliphatic heterocycles. The van der Waals surface area contributed by atoms with Gasteiger partial charge in [0.25, 0.3) is 0 Å². The number of carbonyl (C=O) groups is 4.